The molecule has 8 heteroatoms. The summed E-state index contributed by atoms with van der Waals surface area (Å²) in [6.07, 6.45) is 0.890. The van der Waals surface area contributed by atoms with Crippen LogP contribution < -0.4 is 5.69 Å². The first-order valence-electron chi connectivity index (χ1n) is 7.48. The molecule has 0 spiro atoms. The zero-order valence-corrected chi connectivity index (χ0v) is 14.3. The summed E-state index contributed by atoms with van der Waals surface area (Å²) in [4.78, 5) is 19.2. The van der Waals surface area contributed by atoms with Gasteiger partial charge in [0.25, 0.3) is 5.89 Å². The molecule has 0 aliphatic heterocycles. The summed E-state index contributed by atoms with van der Waals surface area (Å²) >= 11 is 3.24. The van der Waals surface area contributed by atoms with Gasteiger partial charge in [0.15, 0.2) is 10.4 Å². The Morgan fingerprint density at radius 3 is 2.92 bits per heavy atom. The predicted octanol–water partition coefficient (Wildman–Crippen LogP) is 3.81. The molecule has 0 saturated heterocycles. The minimum atomic E-state index is -0.113. The van der Waals surface area contributed by atoms with E-state index in [0.717, 1.165) is 23.0 Å². The molecule has 0 amide bonds. The van der Waals surface area contributed by atoms with Crippen molar-refractivity contribution in [2.45, 2.75) is 19.9 Å². The van der Waals surface area contributed by atoms with Crippen molar-refractivity contribution in [3.8, 4) is 23.0 Å². The highest BCUT2D eigenvalue weighted by Crippen LogP contribution is 2.27. The second-order valence-corrected chi connectivity index (χ2v) is 6.12. The lowest BCUT2D eigenvalue weighted by Gasteiger charge is -2.00. The van der Waals surface area contributed by atoms with Crippen LogP contribution in [-0.4, -0.2) is 19.7 Å². The van der Waals surface area contributed by atoms with Crippen LogP contribution in [0.1, 0.15) is 13.3 Å². The molecule has 4 aromatic rings. The normalized spacial score (nSPS) is 11.4. The van der Waals surface area contributed by atoms with Gasteiger partial charge in [0.2, 0.25) is 5.82 Å². The van der Waals surface area contributed by atoms with Gasteiger partial charge in [0, 0.05) is 12.1 Å². The molecule has 0 unspecified atom stereocenters. The van der Waals surface area contributed by atoms with E-state index in [9.17, 15) is 4.79 Å². The third kappa shape index (κ3) is 2.48. The van der Waals surface area contributed by atoms with Gasteiger partial charge in [0.1, 0.15) is 0 Å². The molecule has 0 saturated carbocycles. The number of hydrogen-bond donors (Lipinski definition) is 1. The molecule has 0 fully saturated rings. The first kappa shape index (κ1) is 14.9. The van der Waals surface area contributed by atoms with Crippen LogP contribution in [0, 0.1) is 0 Å². The van der Waals surface area contributed by atoms with Gasteiger partial charge in [-0.2, -0.15) is 4.98 Å². The first-order chi connectivity index (χ1) is 11.7. The third-order valence-corrected chi connectivity index (χ3v) is 4.12. The Balaban J connectivity index is 1.74. The number of fused-ring (bicyclic) bond motifs is 1. The minimum absolute atomic E-state index is 0.113. The first-order valence-corrected chi connectivity index (χ1v) is 8.27. The van der Waals surface area contributed by atoms with Crippen molar-refractivity contribution in [1.82, 2.24) is 19.7 Å². The average molecular weight is 389 g/mol. The Kier molecular flexibility index (Phi) is 3.61. The largest absolute Gasteiger partial charge is 0.444 e. The van der Waals surface area contributed by atoms with Crippen molar-refractivity contribution < 1.29 is 8.94 Å². The monoisotopic (exact) mass is 388 g/mol. The van der Waals surface area contributed by atoms with Crippen LogP contribution in [0.5, 0.6) is 0 Å². The summed E-state index contributed by atoms with van der Waals surface area (Å²) in [5.41, 5.74) is 2.26. The van der Waals surface area contributed by atoms with Gasteiger partial charge in [-0.15, -0.1) is 0 Å². The molecule has 3 aromatic heterocycles. The Labute approximate surface area is 144 Å². The molecule has 1 aromatic carbocycles. The number of rotatable bonds is 4. The minimum Gasteiger partial charge on any atom is -0.444 e. The van der Waals surface area contributed by atoms with E-state index in [0.29, 0.717) is 28.7 Å². The summed E-state index contributed by atoms with van der Waals surface area (Å²) in [6, 6.07) is 9.10. The van der Waals surface area contributed by atoms with Gasteiger partial charge in [0.05, 0.1) is 11.0 Å². The number of aromatic amines is 1. The smallest absolute Gasteiger partial charge is 0.326 e. The molecule has 0 aliphatic rings. The van der Waals surface area contributed by atoms with Crippen LogP contribution in [0.2, 0.25) is 0 Å². The van der Waals surface area contributed by atoms with E-state index < -0.39 is 0 Å². The highest BCUT2D eigenvalue weighted by atomic mass is 79.9. The Bertz CT molecular complexity index is 1070. The van der Waals surface area contributed by atoms with Crippen molar-refractivity contribution >= 4 is 27.0 Å². The van der Waals surface area contributed by atoms with E-state index in [2.05, 4.69) is 31.1 Å². The summed E-state index contributed by atoms with van der Waals surface area (Å²) in [7, 11) is 0. The van der Waals surface area contributed by atoms with Crippen molar-refractivity contribution in [1.29, 1.82) is 0 Å². The molecule has 0 bridgehead atoms. The number of nitrogens with zero attached hydrogens (tertiary/aromatic N) is 3. The lowest BCUT2D eigenvalue weighted by Crippen LogP contribution is -2.16. The van der Waals surface area contributed by atoms with E-state index in [1.807, 2.05) is 25.1 Å². The quantitative estimate of drug-likeness (QED) is 0.573. The van der Waals surface area contributed by atoms with E-state index in [1.165, 1.54) is 0 Å². The molecule has 0 atom stereocenters. The standard InChI is InChI=1S/C16H13BrN4O3/c1-2-7-21-11-4-3-9(8-10(11)18-16(21)22)14-19-15(24-20-14)12-5-6-13(17)23-12/h3-6,8H,2,7H2,1H3,(H,18,22). The van der Waals surface area contributed by atoms with Crippen molar-refractivity contribution in [3.05, 3.63) is 45.5 Å². The van der Waals surface area contributed by atoms with E-state index in [-0.39, 0.29) is 5.69 Å². The van der Waals surface area contributed by atoms with Crippen LogP contribution in [0.25, 0.3) is 34.1 Å². The topological polar surface area (TPSA) is 89.9 Å². The van der Waals surface area contributed by atoms with Gasteiger partial charge >= 0.3 is 5.69 Å². The molecule has 1 N–H and O–H groups in total. The number of nitrogens with one attached hydrogen (secondary N) is 1. The zero-order valence-electron chi connectivity index (χ0n) is 12.7. The number of H-pyrrole nitrogens is 1. The zero-order chi connectivity index (χ0) is 16.7. The lowest BCUT2D eigenvalue weighted by molar-refractivity contribution is 0.414. The Hall–Kier alpha value is -2.61. The second kappa shape index (κ2) is 5.79. The van der Waals surface area contributed by atoms with Gasteiger partial charge in [-0.1, -0.05) is 12.1 Å². The van der Waals surface area contributed by atoms with E-state index >= 15 is 0 Å². The Morgan fingerprint density at radius 1 is 1.29 bits per heavy atom. The third-order valence-electron chi connectivity index (χ3n) is 3.69. The van der Waals surface area contributed by atoms with Gasteiger partial charge in [-0.05, 0) is 52.7 Å². The molecule has 0 radical (unpaired) electrons. The van der Waals surface area contributed by atoms with Gasteiger partial charge in [-0.25, -0.2) is 4.79 Å². The van der Waals surface area contributed by atoms with Gasteiger partial charge in [-0.3, -0.25) is 4.57 Å². The predicted molar refractivity (Wildman–Crippen MR) is 91.5 cm³/mol. The van der Waals surface area contributed by atoms with E-state index in [4.69, 9.17) is 8.94 Å². The lowest BCUT2D eigenvalue weighted by atomic mass is 10.2. The number of aromatic nitrogens is 4. The Morgan fingerprint density at radius 2 is 2.17 bits per heavy atom. The van der Waals surface area contributed by atoms with Crippen molar-refractivity contribution in [2.75, 3.05) is 0 Å². The number of benzene rings is 1. The number of furan rings is 1. The fraction of sp³-hybridized carbons (Fsp3) is 0.188. The number of hydrogen-bond acceptors (Lipinski definition) is 5. The molecule has 122 valence electrons. The summed E-state index contributed by atoms with van der Waals surface area (Å²) in [5, 5.41) is 3.98. The van der Waals surface area contributed by atoms with Crippen LogP contribution in [-0.2, 0) is 6.54 Å². The number of imidazole rings is 1. The SMILES string of the molecule is CCCn1c(=O)[nH]c2cc(-c3noc(-c4ccc(Br)o4)n3)ccc21. The maximum Gasteiger partial charge on any atom is 0.326 e. The average Bonchev–Trinajstić information content (AvgIpc) is 3.27. The molecule has 4 rings (SSSR count). The maximum atomic E-state index is 12.0. The number of halogens is 1. The molecular weight excluding hydrogens is 376 g/mol. The summed E-state index contributed by atoms with van der Waals surface area (Å²) in [6.45, 7) is 2.71. The van der Waals surface area contributed by atoms with Crippen LogP contribution >= 0.6 is 15.9 Å². The molecule has 7 nitrogen and oxygen atoms in total. The fourth-order valence-electron chi connectivity index (χ4n) is 2.62. The molecule has 0 aliphatic carbocycles. The number of aryl methyl sites for hydroxylation is 1. The summed E-state index contributed by atoms with van der Waals surface area (Å²) in [5.74, 6) is 1.22. The van der Waals surface area contributed by atoms with Crippen LogP contribution in [0.15, 0.2) is 48.7 Å². The maximum absolute atomic E-state index is 12.0. The highest BCUT2D eigenvalue weighted by Gasteiger charge is 2.15. The highest BCUT2D eigenvalue weighted by molar-refractivity contribution is 9.10. The van der Waals surface area contributed by atoms with E-state index in [1.54, 1.807) is 16.7 Å². The van der Waals surface area contributed by atoms with Crippen LogP contribution in [0.4, 0.5) is 0 Å². The van der Waals surface area contributed by atoms with Crippen molar-refractivity contribution in [3.63, 3.8) is 0 Å². The molecular formula is C16H13BrN4O3. The second-order valence-electron chi connectivity index (χ2n) is 5.34. The fourth-order valence-corrected chi connectivity index (χ4v) is 2.92. The van der Waals surface area contributed by atoms with Gasteiger partial charge < -0.3 is 13.9 Å². The van der Waals surface area contributed by atoms with Crippen LogP contribution in [0.3, 0.4) is 0 Å². The summed E-state index contributed by atoms with van der Waals surface area (Å²) < 4.78 is 13.0. The molecule has 3 heterocycles. The van der Waals surface area contributed by atoms with Crippen molar-refractivity contribution in [2.24, 2.45) is 0 Å². The molecule has 24 heavy (non-hydrogen) atoms.